The Hall–Kier alpha value is -5.12. The van der Waals surface area contributed by atoms with E-state index in [2.05, 4.69) is 25.7 Å². The van der Waals surface area contributed by atoms with Crippen molar-refractivity contribution >= 4 is 45.8 Å². The summed E-state index contributed by atoms with van der Waals surface area (Å²) in [5, 5.41) is 14.5. The number of nitrogens with zero attached hydrogens (tertiary/aromatic N) is 3. The summed E-state index contributed by atoms with van der Waals surface area (Å²) >= 11 is 0. The molecule has 0 saturated carbocycles. The Bertz CT molecular complexity index is 1840. The van der Waals surface area contributed by atoms with Gasteiger partial charge in [0.2, 0.25) is 11.8 Å². The lowest BCUT2D eigenvalue weighted by Gasteiger charge is -2.36. The van der Waals surface area contributed by atoms with Gasteiger partial charge in [0.1, 0.15) is 24.8 Å². The number of fused-ring (bicyclic) bond motifs is 1. The molecule has 3 aromatic carbocycles. The molecule has 2 aliphatic rings. The molecular formula is C36H41F2N7O6. The normalized spacial score (nSPS) is 15.3. The first kappa shape index (κ1) is 35.7. The monoisotopic (exact) mass is 705 g/mol. The largest absolute Gasteiger partial charge is 0.381 e. The number of carbonyl (C=O) groups excluding carboxylic acids is 3. The van der Waals surface area contributed by atoms with Crippen LogP contribution in [0.3, 0.4) is 0 Å². The molecule has 270 valence electrons. The number of nitrogens with one attached hydrogen (secondary N) is 3. The number of primary amides is 1. The molecule has 2 saturated heterocycles. The van der Waals surface area contributed by atoms with E-state index in [0.29, 0.717) is 79.3 Å². The van der Waals surface area contributed by atoms with Crippen molar-refractivity contribution < 1.29 is 37.4 Å². The second kappa shape index (κ2) is 16.7. The van der Waals surface area contributed by atoms with Crippen LogP contribution in [0, 0.1) is 11.6 Å². The molecule has 2 fully saturated rings. The zero-order valence-corrected chi connectivity index (χ0v) is 28.1. The fraction of sp³-hybridized carbons (Fsp3) is 0.389. The molecule has 0 bridgehead atoms. The average molecular weight is 706 g/mol. The van der Waals surface area contributed by atoms with Crippen molar-refractivity contribution in [2.24, 2.45) is 5.73 Å². The Morgan fingerprint density at radius 2 is 1.63 bits per heavy atom. The quantitative estimate of drug-likeness (QED) is 0.144. The van der Waals surface area contributed by atoms with Crippen molar-refractivity contribution in [2.75, 3.05) is 81.4 Å². The zero-order valence-electron chi connectivity index (χ0n) is 28.1. The number of hydrogen-bond acceptors (Lipinski definition) is 9. The molecule has 4 aromatic rings. The van der Waals surface area contributed by atoms with Gasteiger partial charge in [-0.25, -0.2) is 8.78 Å². The van der Waals surface area contributed by atoms with Crippen LogP contribution < -0.4 is 21.3 Å². The minimum absolute atomic E-state index is 0.0809. The first-order chi connectivity index (χ1) is 24.7. The number of carbonyl (C=O) groups is 3. The maximum Gasteiger partial charge on any atom is 0.258 e. The molecule has 1 aromatic heterocycles. The number of amides is 3. The van der Waals surface area contributed by atoms with Gasteiger partial charge in [0.05, 0.1) is 24.3 Å². The van der Waals surface area contributed by atoms with E-state index in [0.717, 1.165) is 30.2 Å². The van der Waals surface area contributed by atoms with Crippen LogP contribution in [0.4, 0.5) is 26.0 Å². The molecule has 0 unspecified atom stereocenters. The predicted octanol–water partition coefficient (Wildman–Crippen LogP) is 3.44. The standard InChI is InChI=1S/C36H41F2N7O6/c37-25-16-24(17-26(38)19-25)15-23-1-4-31-30(18-23)35(43-42-31)41-36(48)29-3-2-28(20-32(29)40-27-5-11-49-12-6-27)44-7-9-45(10-8-44)34(47)22-51-14-13-50-21-33(39)46/h1-4,16-20,27,40H,5-15,21-22H2,(H2,39,46)(H2,41,42,43,48). The maximum atomic E-state index is 13.8. The second-order valence-electron chi connectivity index (χ2n) is 12.6. The van der Waals surface area contributed by atoms with Crippen molar-refractivity contribution in [2.45, 2.75) is 25.3 Å². The first-order valence-electron chi connectivity index (χ1n) is 16.9. The van der Waals surface area contributed by atoms with Crippen molar-refractivity contribution in [3.05, 3.63) is 82.9 Å². The Kier molecular flexibility index (Phi) is 11.7. The summed E-state index contributed by atoms with van der Waals surface area (Å²) in [5.74, 6) is -1.98. The highest BCUT2D eigenvalue weighted by molar-refractivity contribution is 6.11. The molecule has 0 radical (unpaired) electrons. The fourth-order valence-electron chi connectivity index (χ4n) is 6.25. The molecular weight excluding hydrogens is 664 g/mol. The molecule has 3 heterocycles. The lowest BCUT2D eigenvalue weighted by molar-refractivity contribution is -0.137. The van der Waals surface area contributed by atoms with Gasteiger partial charge in [-0.2, -0.15) is 5.10 Å². The van der Waals surface area contributed by atoms with Gasteiger partial charge in [-0.15, -0.1) is 0 Å². The number of piperazine rings is 1. The third kappa shape index (κ3) is 9.57. The van der Waals surface area contributed by atoms with Crippen LogP contribution in [-0.4, -0.2) is 105 Å². The van der Waals surface area contributed by atoms with Gasteiger partial charge in [-0.1, -0.05) is 6.07 Å². The van der Waals surface area contributed by atoms with Gasteiger partial charge in [0.25, 0.3) is 5.91 Å². The topological polar surface area (TPSA) is 164 Å². The van der Waals surface area contributed by atoms with Gasteiger partial charge < -0.3 is 40.4 Å². The molecule has 51 heavy (non-hydrogen) atoms. The second-order valence-corrected chi connectivity index (χ2v) is 12.6. The maximum absolute atomic E-state index is 13.8. The minimum Gasteiger partial charge on any atom is -0.381 e. The molecule has 6 rings (SSSR count). The fourth-order valence-corrected chi connectivity index (χ4v) is 6.25. The summed E-state index contributed by atoms with van der Waals surface area (Å²) in [5.41, 5.74) is 9.07. The van der Waals surface area contributed by atoms with Gasteiger partial charge in [0, 0.05) is 68.3 Å². The molecule has 0 spiro atoms. The van der Waals surface area contributed by atoms with Crippen molar-refractivity contribution in [1.29, 1.82) is 0 Å². The number of halogens is 2. The summed E-state index contributed by atoms with van der Waals surface area (Å²) in [6.07, 6.45) is 1.90. The summed E-state index contributed by atoms with van der Waals surface area (Å²) in [7, 11) is 0. The average Bonchev–Trinajstić information content (AvgIpc) is 3.51. The Balaban J connectivity index is 1.12. The Morgan fingerprint density at radius 3 is 2.35 bits per heavy atom. The van der Waals surface area contributed by atoms with Crippen LogP contribution >= 0.6 is 0 Å². The lowest BCUT2D eigenvalue weighted by Crippen LogP contribution is -2.49. The molecule has 5 N–H and O–H groups in total. The highest BCUT2D eigenvalue weighted by Crippen LogP contribution is 2.29. The third-order valence-corrected chi connectivity index (χ3v) is 8.86. The highest BCUT2D eigenvalue weighted by atomic mass is 19.1. The van der Waals surface area contributed by atoms with E-state index in [1.165, 1.54) is 12.1 Å². The molecule has 3 amide bonds. The van der Waals surface area contributed by atoms with E-state index in [4.69, 9.17) is 19.9 Å². The number of H-pyrrole nitrogens is 1. The van der Waals surface area contributed by atoms with Gasteiger partial charge in [-0.3, -0.25) is 19.5 Å². The van der Waals surface area contributed by atoms with E-state index < -0.39 is 17.5 Å². The van der Waals surface area contributed by atoms with Crippen LogP contribution in [0.15, 0.2) is 54.6 Å². The summed E-state index contributed by atoms with van der Waals surface area (Å²) in [6.45, 7) is 3.54. The van der Waals surface area contributed by atoms with E-state index in [9.17, 15) is 23.2 Å². The SMILES string of the molecule is NC(=O)COCCOCC(=O)N1CCN(c2ccc(C(=O)Nc3n[nH]c4ccc(Cc5cc(F)cc(F)c5)cc34)c(NC3CCOCC3)c2)CC1. The van der Waals surface area contributed by atoms with E-state index in [1.807, 2.05) is 30.3 Å². The van der Waals surface area contributed by atoms with E-state index in [1.54, 1.807) is 11.0 Å². The molecule has 0 atom stereocenters. The molecule has 15 heteroatoms. The van der Waals surface area contributed by atoms with Crippen molar-refractivity contribution in [1.82, 2.24) is 15.1 Å². The number of benzene rings is 3. The van der Waals surface area contributed by atoms with E-state index in [-0.39, 0.29) is 44.3 Å². The number of hydrogen-bond donors (Lipinski definition) is 4. The van der Waals surface area contributed by atoms with Gasteiger partial charge in [-0.05, 0) is 72.9 Å². The van der Waals surface area contributed by atoms with Crippen LogP contribution in [-0.2, 0) is 30.2 Å². The molecule has 13 nitrogen and oxygen atoms in total. The number of rotatable bonds is 14. The minimum atomic E-state index is -0.639. The van der Waals surface area contributed by atoms with Crippen LogP contribution in [0.5, 0.6) is 0 Å². The first-order valence-corrected chi connectivity index (χ1v) is 16.9. The predicted molar refractivity (Wildman–Crippen MR) is 187 cm³/mol. The number of aromatic amines is 1. The summed E-state index contributed by atoms with van der Waals surface area (Å²) in [4.78, 5) is 41.2. The van der Waals surface area contributed by atoms with Gasteiger partial charge >= 0.3 is 0 Å². The number of aromatic nitrogens is 2. The highest BCUT2D eigenvalue weighted by Gasteiger charge is 2.24. The lowest BCUT2D eigenvalue weighted by atomic mass is 10.0. The van der Waals surface area contributed by atoms with Crippen molar-refractivity contribution in [3.8, 4) is 0 Å². The third-order valence-electron chi connectivity index (χ3n) is 8.86. The number of nitrogens with two attached hydrogens (primary N) is 1. The smallest absolute Gasteiger partial charge is 0.258 e. The van der Waals surface area contributed by atoms with Crippen LogP contribution in [0.1, 0.15) is 34.3 Å². The molecule has 0 aliphatic carbocycles. The van der Waals surface area contributed by atoms with Gasteiger partial charge in [0.15, 0.2) is 5.82 Å². The molecule has 2 aliphatic heterocycles. The van der Waals surface area contributed by atoms with Crippen molar-refractivity contribution in [3.63, 3.8) is 0 Å². The summed E-state index contributed by atoms with van der Waals surface area (Å²) < 4.78 is 43.6. The van der Waals surface area contributed by atoms with Crippen LogP contribution in [0.25, 0.3) is 10.9 Å². The van der Waals surface area contributed by atoms with Crippen LogP contribution in [0.2, 0.25) is 0 Å². The Labute approximate surface area is 293 Å². The summed E-state index contributed by atoms with van der Waals surface area (Å²) in [6, 6.07) is 14.7. The zero-order chi connectivity index (χ0) is 35.7. The Morgan fingerprint density at radius 1 is 0.902 bits per heavy atom. The number of anilines is 3. The van der Waals surface area contributed by atoms with E-state index >= 15 is 0 Å². The number of ether oxygens (including phenoxy) is 3.